The van der Waals surface area contributed by atoms with Gasteiger partial charge in [-0.25, -0.2) is 0 Å². The molecule has 1 N–H and O–H groups in total. The van der Waals surface area contributed by atoms with Crippen LogP contribution in [-0.4, -0.2) is 17.5 Å². The van der Waals surface area contributed by atoms with Crippen molar-refractivity contribution in [1.29, 1.82) is 0 Å². The first-order valence-corrected chi connectivity index (χ1v) is 7.51. The summed E-state index contributed by atoms with van der Waals surface area (Å²) in [4.78, 5) is 16.2. The van der Waals surface area contributed by atoms with Gasteiger partial charge in [0.2, 0.25) is 0 Å². The zero-order valence-corrected chi connectivity index (χ0v) is 13.0. The predicted molar refractivity (Wildman–Crippen MR) is 90.3 cm³/mol. The first-order valence-electron chi connectivity index (χ1n) is 7.51. The number of para-hydroxylation sites is 1. The maximum absolute atomic E-state index is 11.9. The summed E-state index contributed by atoms with van der Waals surface area (Å²) < 4.78 is 5.61. The number of pyridine rings is 1. The average molecular weight is 306 g/mol. The Hall–Kier alpha value is -2.88. The van der Waals surface area contributed by atoms with Crippen LogP contribution in [0.2, 0.25) is 0 Å². The highest BCUT2D eigenvalue weighted by Gasteiger charge is 2.06. The molecule has 0 saturated heterocycles. The van der Waals surface area contributed by atoms with Crippen LogP contribution in [0.3, 0.4) is 0 Å². The van der Waals surface area contributed by atoms with Crippen molar-refractivity contribution in [2.75, 3.05) is 6.61 Å². The van der Waals surface area contributed by atoms with Gasteiger partial charge in [-0.3, -0.25) is 9.78 Å². The van der Waals surface area contributed by atoms with Gasteiger partial charge >= 0.3 is 0 Å². The summed E-state index contributed by atoms with van der Waals surface area (Å²) in [6.07, 6.45) is 1.71. The van der Waals surface area contributed by atoms with Gasteiger partial charge in [0, 0.05) is 18.1 Å². The molecule has 0 aliphatic rings. The molecule has 0 radical (unpaired) electrons. The molecule has 23 heavy (non-hydrogen) atoms. The second-order valence-corrected chi connectivity index (χ2v) is 5.38. The number of carbonyl (C=O) groups excluding carboxylic acids is 1. The molecule has 0 saturated carbocycles. The van der Waals surface area contributed by atoms with Crippen molar-refractivity contribution >= 4 is 16.8 Å². The van der Waals surface area contributed by atoms with Gasteiger partial charge in [-0.1, -0.05) is 48.0 Å². The minimum absolute atomic E-state index is 0.0262. The molecule has 0 bridgehead atoms. The van der Waals surface area contributed by atoms with Crippen molar-refractivity contribution in [3.05, 3.63) is 71.9 Å². The lowest BCUT2D eigenvalue weighted by Crippen LogP contribution is -2.28. The van der Waals surface area contributed by atoms with E-state index in [0.717, 1.165) is 16.5 Å². The molecule has 0 fully saturated rings. The summed E-state index contributed by atoms with van der Waals surface area (Å²) >= 11 is 0. The Kier molecular flexibility index (Phi) is 4.52. The first-order chi connectivity index (χ1) is 11.2. The van der Waals surface area contributed by atoms with Crippen LogP contribution >= 0.6 is 0 Å². The number of aryl methyl sites for hydroxylation is 1. The topological polar surface area (TPSA) is 51.2 Å². The van der Waals surface area contributed by atoms with Crippen LogP contribution in [0, 0.1) is 6.92 Å². The monoisotopic (exact) mass is 306 g/mol. The zero-order chi connectivity index (χ0) is 16.1. The predicted octanol–water partition coefficient (Wildman–Crippen LogP) is 3.24. The maximum Gasteiger partial charge on any atom is 0.258 e. The van der Waals surface area contributed by atoms with Crippen LogP contribution in [0.1, 0.15) is 11.1 Å². The third-order valence-corrected chi connectivity index (χ3v) is 3.56. The smallest absolute Gasteiger partial charge is 0.258 e. The summed E-state index contributed by atoms with van der Waals surface area (Å²) in [6, 6.07) is 17.6. The van der Waals surface area contributed by atoms with Crippen molar-refractivity contribution in [2.24, 2.45) is 0 Å². The van der Waals surface area contributed by atoms with Crippen LogP contribution in [-0.2, 0) is 11.3 Å². The highest BCUT2D eigenvalue weighted by atomic mass is 16.5. The highest BCUT2D eigenvalue weighted by Crippen LogP contribution is 2.22. The molecule has 0 aliphatic carbocycles. The molecule has 1 amide bonds. The number of nitrogens with one attached hydrogen (secondary N) is 1. The van der Waals surface area contributed by atoms with Gasteiger partial charge in [-0.2, -0.15) is 0 Å². The lowest BCUT2D eigenvalue weighted by Gasteiger charge is -2.09. The van der Waals surface area contributed by atoms with E-state index in [2.05, 4.69) is 10.3 Å². The molecule has 3 aromatic rings. The van der Waals surface area contributed by atoms with E-state index in [-0.39, 0.29) is 12.5 Å². The molecule has 0 spiro atoms. The number of aromatic nitrogens is 1. The molecule has 4 nitrogen and oxygen atoms in total. The second-order valence-electron chi connectivity index (χ2n) is 5.38. The molecular formula is C19H18N2O2. The Morgan fingerprint density at radius 2 is 1.87 bits per heavy atom. The van der Waals surface area contributed by atoms with Gasteiger partial charge in [0.05, 0.1) is 0 Å². The molecule has 116 valence electrons. The van der Waals surface area contributed by atoms with Gasteiger partial charge in [0.1, 0.15) is 11.3 Å². The molecule has 0 unspecified atom stereocenters. The van der Waals surface area contributed by atoms with Crippen molar-refractivity contribution in [2.45, 2.75) is 13.5 Å². The Balaban J connectivity index is 1.57. The number of nitrogens with zero attached hydrogens (tertiary/aromatic N) is 1. The Morgan fingerprint density at radius 3 is 2.70 bits per heavy atom. The largest absolute Gasteiger partial charge is 0.481 e. The lowest BCUT2D eigenvalue weighted by atomic mass is 10.1. The third-order valence-electron chi connectivity index (χ3n) is 3.56. The van der Waals surface area contributed by atoms with E-state index < -0.39 is 0 Å². The van der Waals surface area contributed by atoms with Crippen molar-refractivity contribution in [3.8, 4) is 5.75 Å². The van der Waals surface area contributed by atoms with Crippen molar-refractivity contribution in [3.63, 3.8) is 0 Å². The summed E-state index contributed by atoms with van der Waals surface area (Å²) in [7, 11) is 0. The minimum atomic E-state index is -0.154. The average Bonchev–Trinajstić information content (AvgIpc) is 2.59. The van der Waals surface area contributed by atoms with Gasteiger partial charge < -0.3 is 10.1 Å². The standard InChI is InChI=1S/C19H18N2O2/c1-14-7-9-15(10-8-14)12-21-18(22)13-23-17-6-2-4-16-5-3-11-20-19(16)17/h2-11H,12-13H2,1H3,(H,21,22). The second kappa shape index (κ2) is 6.92. The minimum Gasteiger partial charge on any atom is -0.481 e. The van der Waals surface area contributed by atoms with Crippen LogP contribution in [0.15, 0.2) is 60.8 Å². The molecule has 4 heteroatoms. The van der Waals surface area contributed by atoms with Crippen molar-refractivity contribution in [1.82, 2.24) is 10.3 Å². The normalized spacial score (nSPS) is 10.5. The Bertz CT molecular complexity index is 808. The Morgan fingerprint density at radius 1 is 1.09 bits per heavy atom. The zero-order valence-electron chi connectivity index (χ0n) is 13.0. The van der Waals surface area contributed by atoms with Gasteiger partial charge in [0.15, 0.2) is 6.61 Å². The van der Waals surface area contributed by atoms with E-state index in [1.165, 1.54) is 5.56 Å². The third kappa shape index (κ3) is 3.86. The number of fused-ring (bicyclic) bond motifs is 1. The number of amides is 1. The van der Waals surface area contributed by atoms with Gasteiger partial charge in [-0.05, 0) is 24.6 Å². The van der Waals surface area contributed by atoms with Crippen LogP contribution < -0.4 is 10.1 Å². The van der Waals surface area contributed by atoms with E-state index in [1.54, 1.807) is 6.20 Å². The molecule has 1 aromatic heterocycles. The first kappa shape index (κ1) is 15.0. The molecule has 0 aliphatic heterocycles. The Labute approximate surface area is 135 Å². The van der Waals surface area contributed by atoms with Crippen molar-refractivity contribution < 1.29 is 9.53 Å². The fourth-order valence-electron chi connectivity index (χ4n) is 2.29. The summed E-state index contributed by atoms with van der Waals surface area (Å²) in [5.41, 5.74) is 3.03. The van der Waals surface area contributed by atoms with Crippen LogP contribution in [0.4, 0.5) is 0 Å². The fourth-order valence-corrected chi connectivity index (χ4v) is 2.29. The molecule has 3 rings (SSSR count). The van der Waals surface area contributed by atoms with E-state index >= 15 is 0 Å². The number of ether oxygens (including phenoxy) is 1. The number of rotatable bonds is 5. The molecule has 0 atom stereocenters. The molecule has 2 aromatic carbocycles. The summed E-state index contributed by atoms with van der Waals surface area (Å²) in [6.45, 7) is 2.51. The van der Waals surface area contributed by atoms with E-state index in [4.69, 9.17) is 4.74 Å². The number of hydrogen-bond acceptors (Lipinski definition) is 3. The summed E-state index contributed by atoms with van der Waals surface area (Å²) in [5, 5.41) is 3.84. The van der Waals surface area contributed by atoms with Crippen LogP contribution in [0.5, 0.6) is 5.75 Å². The van der Waals surface area contributed by atoms with E-state index in [0.29, 0.717) is 12.3 Å². The highest BCUT2D eigenvalue weighted by molar-refractivity contribution is 5.85. The van der Waals surface area contributed by atoms with E-state index in [1.807, 2.05) is 61.5 Å². The van der Waals surface area contributed by atoms with Gasteiger partial charge in [0.25, 0.3) is 5.91 Å². The lowest BCUT2D eigenvalue weighted by molar-refractivity contribution is -0.123. The van der Waals surface area contributed by atoms with Gasteiger partial charge in [-0.15, -0.1) is 0 Å². The fraction of sp³-hybridized carbons (Fsp3) is 0.158. The molecular weight excluding hydrogens is 288 g/mol. The number of carbonyl (C=O) groups is 1. The summed E-state index contributed by atoms with van der Waals surface area (Å²) in [5.74, 6) is 0.465. The van der Waals surface area contributed by atoms with Crippen LogP contribution in [0.25, 0.3) is 10.9 Å². The quantitative estimate of drug-likeness (QED) is 0.787. The van der Waals surface area contributed by atoms with E-state index in [9.17, 15) is 4.79 Å². The number of hydrogen-bond donors (Lipinski definition) is 1. The molecule has 1 heterocycles. The number of benzene rings is 2. The SMILES string of the molecule is Cc1ccc(CNC(=O)COc2cccc3cccnc23)cc1. The maximum atomic E-state index is 11.9.